The maximum absolute atomic E-state index is 5.60. The zero-order valence-electron chi connectivity index (χ0n) is 9.16. The summed E-state index contributed by atoms with van der Waals surface area (Å²) in [6.07, 6.45) is 5.96. The number of methoxy groups -OCH3 is 1. The Morgan fingerprint density at radius 2 is 2.27 bits per heavy atom. The Hall–Kier alpha value is -1.13. The van der Waals surface area contributed by atoms with Crippen molar-refractivity contribution in [2.24, 2.45) is 11.3 Å². The van der Waals surface area contributed by atoms with E-state index in [-0.39, 0.29) is 11.5 Å². The van der Waals surface area contributed by atoms with Gasteiger partial charge >= 0.3 is 0 Å². The lowest BCUT2D eigenvalue weighted by molar-refractivity contribution is 0.367. The van der Waals surface area contributed by atoms with E-state index in [1.807, 2.05) is 12.3 Å². The van der Waals surface area contributed by atoms with Crippen LogP contribution in [0.3, 0.4) is 0 Å². The third-order valence-corrected chi connectivity index (χ3v) is 3.21. The Bertz CT molecular complexity index is 349. The van der Waals surface area contributed by atoms with Crippen LogP contribution in [0.15, 0.2) is 18.5 Å². The monoisotopic (exact) mass is 207 g/mol. The van der Waals surface area contributed by atoms with Gasteiger partial charge in [-0.3, -0.25) is 16.3 Å². The molecule has 0 bridgehead atoms. The standard InChI is InChI=1S/C11H17N3O/c1-11(3-4-11)10(14-12)8-5-9(15-2)7-13-6-8/h5-7,10,14H,3-4,12H2,1-2H3. The summed E-state index contributed by atoms with van der Waals surface area (Å²) in [6, 6.07) is 2.15. The van der Waals surface area contributed by atoms with Crippen LogP contribution in [0.25, 0.3) is 0 Å². The van der Waals surface area contributed by atoms with Gasteiger partial charge in [0.15, 0.2) is 0 Å². The molecule has 1 saturated carbocycles. The summed E-state index contributed by atoms with van der Waals surface area (Å²) >= 11 is 0. The Morgan fingerprint density at radius 3 is 2.80 bits per heavy atom. The smallest absolute Gasteiger partial charge is 0.137 e. The van der Waals surface area contributed by atoms with Crippen LogP contribution in [-0.4, -0.2) is 12.1 Å². The summed E-state index contributed by atoms with van der Waals surface area (Å²) in [6.45, 7) is 2.23. The number of hydrogen-bond donors (Lipinski definition) is 2. The molecule has 82 valence electrons. The molecule has 2 rings (SSSR count). The van der Waals surface area contributed by atoms with E-state index in [1.165, 1.54) is 12.8 Å². The predicted molar refractivity (Wildman–Crippen MR) is 58.2 cm³/mol. The van der Waals surface area contributed by atoms with Crippen molar-refractivity contribution in [2.45, 2.75) is 25.8 Å². The van der Waals surface area contributed by atoms with Gasteiger partial charge in [-0.15, -0.1) is 0 Å². The van der Waals surface area contributed by atoms with Gasteiger partial charge in [0.05, 0.1) is 19.3 Å². The van der Waals surface area contributed by atoms with Gasteiger partial charge in [0, 0.05) is 6.20 Å². The quantitative estimate of drug-likeness (QED) is 0.578. The number of rotatable bonds is 4. The second kappa shape index (κ2) is 3.79. The first-order valence-electron chi connectivity index (χ1n) is 5.15. The molecular weight excluding hydrogens is 190 g/mol. The molecular formula is C11H17N3O. The molecule has 0 aromatic carbocycles. The molecule has 1 aromatic rings. The van der Waals surface area contributed by atoms with Gasteiger partial charge in [-0.2, -0.15) is 0 Å². The first-order chi connectivity index (χ1) is 7.19. The highest BCUT2D eigenvalue weighted by molar-refractivity contribution is 5.28. The van der Waals surface area contributed by atoms with Crippen LogP contribution in [-0.2, 0) is 0 Å². The van der Waals surface area contributed by atoms with E-state index in [9.17, 15) is 0 Å². The van der Waals surface area contributed by atoms with Crippen molar-refractivity contribution in [1.82, 2.24) is 10.4 Å². The minimum atomic E-state index is 0.167. The SMILES string of the molecule is COc1cncc(C(NN)C2(C)CC2)c1. The molecule has 4 nitrogen and oxygen atoms in total. The van der Waals surface area contributed by atoms with Crippen molar-refractivity contribution in [3.63, 3.8) is 0 Å². The lowest BCUT2D eigenvalue weighted by atomic mass is 9.93. The van der Waals surface area contributed by atoms with Crippen molar-refractivity contribution < 1.29 is 4.74 Å². The van der Waals surface area contributed by atoms with E-state index < -0.39 is 0 Å². The Balaban J connectivity index is 2.26. The van der Waals surface area contributed by atoms with Gasteiger partial charge in [-0.05, 0) is 29.9 Å². The topological polar surface area (TPSA) is 60.2 Å². The van der Waals surface area contributed by atoms with Crippen LogP contribution in [0.4, 0.5) is 0 Å². The Morgan fingerprint density at radius 1 is 1.53 bits per heavy atom. The van der Waals surface area contributed by atoms with E-state index in [0.29, 0.717) is 0 Å². The fraction of sp³-hybridized carbons (Fsp3) is 0.545. The van der Waals surface area contributed by atoms with Gasteiger partial charge in [0.1, 0.15) is 5.75 Å². The molecule has 1 atom stereocenters. The summed E-state index contributed by atoms with van der Waals surface area (Å²) in [5.41, 5.74) is 4.25. The van der Waals surface area contributed by atoms with Crippen molar-refractivity contribution in [2.75, 3.05) is 7.11 Å². The van der Waals surface area contributed by atoms with Crippen LogP contribution in [0.1, 0.15) is 31.4 Å². The minimum Gasteiger partial charge on any atom is -0.495 e. The maximum Gasteiger partial charge on any atom is 0.137 e. The molecule has 0 aliphatic heterocycles. The van der Waals surface area contributed by atoms with E-state index in [4.69, 9.17) is 10.6 Å². The van der Waals surface area contributed by atoms with E-state index >= 15 is 0 Å². The molecule has 15 heavy (non-hydrogen) atoms. The third-order valence-electron chi connectivity index (χ3n) is 3.21. The molecule has 1 fully saturated rings. The molecule has 3 N–H and O–H groups in total. The number of nitrogens with zero attached hydrogens (tertiary/aromatic N) is 1. The largest absolute Gasteiger partial charge is 0.495 e. The summed E-state index contributed by atoms with van der Waals surface area (Å²) in [5, 5.41) is 0. The molecule has 1 aliphatic carbocycles. The molecule has 4 heteroatoms. The first-order valence-corrected chi connectivity index (χ1v) is 5.15. The normalized spacial score (nSPS) is 19.7. The van der Waals surface area contributed by atoms with Gasteiger partial charge in [-0.25, -0.2) is 0 Å². The third kappa shape index (κ3) is 1.96. The van der Waals surface area contributed by atoms with Gasteiger partial charge < -0.3 is 4.74 Å². The van der Waals surface area contributed by atoms with Crippen LogP contribution >= 0.6 is 0 Å². The predicted octanol–water partition coefficient (Wildman–Crippen LogP) is 1.39. The summed E-state index contributed by atoms with van der Waals surface area (Å²) in [7, 11) is 1.64. The average Bonchev–Trinajstić information content (AvgIpc) is 2.98. The maximum atomic E-state index is 5.60. The zero-order chi connectivity index (χ0) is 10.9. The highest BCUT2D eigenvalue weighted by Gasteiger charge is 2.45. The van der Waals surface area contributed by atoms with Crippen molar-refractivity contribution in [3.8, 4) is 5.75 Å². The van der Waals surface area contributed by atoms with Crippen molar-refractivity contribution >= 4 is 0 Å². The highest BCUT2D eigenvalue weighted by atomic mass is 16.5. The van der Waals surface area contributed by atoms with Crippen LogP contribution in [0.5, 0.6) is 5.75 Å². The number of nitrogens with two attached hydrogens (primary N) is 1. The molecule has 1 aliphatic rings. The minimum absolute atomic E-state index is 0.167. The number of nitrogens with one attached hydrogen (secondary N) is 1. The first kappa shape index (κ1) is 10.4. The lowest BCUT2D eigenvalue weighted by Crippen LogP contribution is -2.33. The molecule has 0 spiro atoms. The summed E-state index contributed by atoms with van der Waals surface area (Å²) < 4.78 is 5.15. The Labute approximate surface area is 89.8 Å². The number of hydrogen-bond acceptors (Lipinski definition) is 4. The van der Waals surface area contributed by atoms with Crippen LogP contribution in [0.2, 0.25) is 0 Å². The summed E-state index contributed by atoms with van der Waals surface area (Å²) in [5.74, 6) is 6.38. The van der Waals surface area contributed by atoms with Crippen LogP contribution < -0.4 is 16.0 Å². The zero-order valence-corrected chi connectivity index (χ0v) is 9.16. The van der Waals surface area contributed by atoms with E-state index in [2.05, 4.69) is 17.3 Å². The van der Waals surface area contributed by atoms with E-state index in [0.717, 1.165) is 11.3 Å². The second-order valence-corrected chi connectivity index (χ2v) is 4.41. The average molecular weight is 207 g/mol. The summed E-state index contributed by atoms with van der Waals surface area (Å²) in [4.78, 5) is 4.15. The molecule has 0 radical (unpaired) electrons. The Kier molecular flexibility index (Phi) is 2.63. The van der Waals surface area contributed by atoms with Gasteiger partial charge in [0.25, 0.3) is 0 Å². The molecule has 1 aromatic heterocycles. The van der Waals surface area contributed by atoms with Gasteiger partial charge in [0.2, 0.25) is 0 Å². The van der Waals surface area contributed by atoms with Gasteiger partial charge in [-0.1, -0.05) is 6.92 Å². The fourth-order valence-electron chi connectivity index (χ4n) is 1.89. The van der Waals surface area contributed by atoms with Crippen molar-refractivity contribution in [1.29, 1.82) is 0 Å². The molecule has 0 saturated heterocycles. The second-order valence-electron chi connectivity index (χ2n) is 4.41. The van der Waals surface area contributed by atoms with E-state index in [1.54, 1.807) is 13.3 Å². The highest BCUT2D eigenvalue weighted by Crippen LogP contribution is 2.54. The number of ether oxygens (including phenoxy) is 1. The fourth-order valence-corrected chi connectivity index (χ4v) is 1.89. The van der Waals surface area contributed by atoms with Crippen LogP contribution in [0, 0.1) is 5.41 Å². The number of aromatic nitrogens is 1. The number of pyridine rings is 1. The lowest BCUT2D eigenvalue weighted by Gasteiger charge is -2.22. The molecule has 0 amide bonds. The van der Waals surface area contributed by atoms with Crippen molar-refractivity contribution in [3.05, 3.63) is 24.0 Å². The number of hydrazine groups is 1. The molecule has 1 unspecified atom stereocenters. The molecule has 1 heterocycles.